The van der Waals surface area contributed by atoms with E-state index in [1.807, 2.05) is 12.1 Å². The minimum atomic E-state index is -0.538. The van der Waals surface area contributed by atoms with Gasteiger partial charge in [0, 0.05) is 17.5 Å². The summed E-state index contributed by atoms with van der Waals surface area (Å²) in [5, 5.41) is 13.4. The molecule has 0 fully saturated rings. The predicted molar refractivity (Wildman–Crippen MR) is 97.1 cm³/mol. The van der Waals surface area contributed by atoms with Crippen LogP contribution in [-0.2, 0) is 6.54 Å². The Hall–Kier alpha value is -3.20. The average Bonchev–Trinajstić information content (AvgIpc) is 3.10. The van der Waals surface area contributed by atoms with Crippen molar-refractivity contribution in [3.63, 3.8) is 0 Å². The number of hydrogen-bond donors (Lipinski definition) is 0. The van der Waals surface area contributed by atoms with Crippen LogP contribution in [0.3, 0.4) is 0 Å². The lowest BCUT2D eigenvalue weighted by molar-refractivity contribution is -0.385. The molecule has 0 N–H and O–H groups in total. The molecule has 26 heavy (non-hydrogen) atoms. The van der Waals surface area contributed by atoms with Gasteiger partial charge in [0.05, 0.1) is 43.1 Å². The molecule has 0 atom stereocenters. The number of pyridine rings is 1. The molecular formula is C17H15N3O5S. The third kappa shape index (κ3) is 3.42. The van der Waals surface area contributed by atoms with Gasteiger partial charge in [-0.2, -0.15) is 0 Å². The summed E-state index contributed by atoms with van der Waals surface area (Å²) in [5.41, 5.74) is 0.922. The van der Waals surface area contributed by atoms with E-state index >= 15 is 0 Å². The van der Waals surface area contributed by atoms with Crippen LogP contribution in [-0.4, -0.2) is 28.7 Å². The summed E-state index contributed by atoms with van der Waals surface area (Å²) in [7, 11) is 3.11. The van der Waals surface area contributed by atoms with E-state index in [1.54, 1.807) is 25.7 Å². The molecule has 8 nitrogen and oxygen atoms in total. The maximum Gasteiger partial charge on any atom is 0.285 e. The molecule has 3 aromatic rings. The molecule has 0 aliphatic rings. The molecule has 0 saturated carbocycles. The van der Waals surface area contributed by atoms with Crippen LogP contribution in [0.15, 0.2) is 46.7 Å². The maximum absolute atomic E-state index is 11.9. The summed E-state index contributed by atoms with van der Waals surface area (Å²) in [4.78, 5) is 26.8. The maximum atomic E-state index is 11.9. The Morgan fingerprint density at radius 2 is 2.04 bits per heavy atom. The molecule has 0 bridgehead atoms. The normalized spacial score (nSPS) is 10.5. The van der Waals surface area contributed by atoms with Crippen molar-refractivity contribution >= 4 is 17.0 Å². The average molecular weight is 373 g/mol. The number of hydrogen-bond acceptors (Lipinski definition) is 7. The van der Waals surface area contributed by atoms with Crippen LogP contribution >= 0.6 is 11.3 Å². The zero-order chi connectivity index (χ0) is 18.7. The highest BCUT2D eigenvalue weighted by atomic mass is 32.1. The van der Waals surface area contributed by atoms with Crippen molar-refractivity contribution in [2.75, 3.05) is 14.2 Å². The first-order valence-electron chi connectivity index (χ1n) is 7.54. The third-order valence-electron chi connectivity index (χ3n) is 3.70. The Bertz CT molecular complexity index is 1010. The largest absolute Gasteiger partial charge is 0.493 e. The fourth-order valence-electron chi connectivity index (χ4n) is 2.48. The molecule has 0 spiro atoms. The van der Waals surface area contributed by atoms with Gasteiger partial charge in [-0.05, 0) is 12.1 Å². The van der Waals surface area contributed by atoms with E-state index in [0.29, 0.717) is 22.2 Å². The van der Waals surface area contributed by atoms with Crippen LogP contribution in [0.4, 0.5) is 5.69 Å². The number of thiazole rings is 1. The fraction of sp³-hybridized carbons (Fsp3) is 0.176. The Balaban J connectivity index is 1.94. The Kier molecular flexibility index (Phi) is 4.99. The molecule has 1 aromatic carbocycles. The molecule has 0 unspecified atom stereocenters. The molecule has 3 rings (SSSR count). The number of rotatable bonds is 6. The van der Waals surface area contributed by atoms with Gasteiger partial charge in [0.25, 0.3) is 11.2 Å². The molecule has 0 amide bonds. The number of nitrogens with zero attached hydrogens (tertiary/aromatic N) is 3. The number of nitro groups is 1. The molecule has 0 saturated heterocycles. The summed E-state index contributed by atoms with van der Waals surface area (Å²) in [6.45, 7) is 0.142. The summed E-state index contributed by atoms with van der Waals surface area (Å²) in [5.74, 6) is 1.17. The Labute approximate surface area is 152 Å². The molecule has 9 heteroatoms. The molecule has 134 valence electrons. The molecule has 0 aliphatic carbocycles. The molecule has 2 aromatic heterocycles. The number of aromatic nitrogens is 2. The standard InChI is InChI=1S/C17H15N3O5S/c1-24-14-5-3-4-13(16(14)25-2)17-18-11(10-26-17)8-19-9-12(20(22)23)6-7-15(19)21/h3-7,9-10H,8H2,1-2H3. The fourth-order valence-corrected chi connectivity index (χ4v) is 3.32. The number of ether oxygens (including phenoxy) is 2. The SMILES string of the molecule is COc1cccc(-c2nc(Cn3cc([N+](=O)[O-])ccc3=O)cs2)c1OC. The lowest BCUT2D eigenvalue weighted by atomic mass is 10.2. The van der Waals surface area contributed by atoms with E-state index < -0.39 is 4.92 Å². The highest BCUT2D eigenvalue weighted by Gasteiger charge is 2.15. The lowest BCUT2D eigenvalue weighted by Gasteiger charge is -2.10. The topological polar surface area (TPSA) is 96.5 Å². The minimum Gasteiger partial charge on any atom is -0.493 e. The highest BCUT2D eigenvalue weighted by molar-refractivity contribution is 7.13. The molecule has 0 radical (unpaired) electrons. The van der Waals surface area contributed by atoms with Crippen LogP contribution < -0.4 is 15.0 Å². The quantitative estimate of drug-likeness (QED) is 0.487. The second-order valence-electron chi connectivity index (χ2n) is 5.30. The second kappa shape index (κ2) is 7.36. The van der Waals surface area contributed by atoms with E-state index in [1.165, 1.54) is 34.2 Å². The van der Waals surface area contributed by atoms with Gasteiger partial charge in [0.1, 0.15) is 5.01 Å². The van der Waals surface area contributed by atoms with E-state index in [2.05, 4.69) is 4.98 Å². The van der Waals surface area contributed by atoms with Gasteiger partial charge in [-0.1, -0.05) is 6.07 Å². The van der Waals surface area contributed by atoms with Crippen molar-refractivity contribution in [3.8, 4) is 22.1 Å². The first-order valence-corrected chi connectivity index (χ1v) is 8.42. The van der Waals surface area contributed by atoms with Gasteiger partial charge in [0.15, 0.2) is 11.5 Å². The smallest absolute Gasteiger partial charge is 0.285 e. The molecule has 0 aliphatic heterocycles. The van der Waals surface area contributed by atoms with Crippen molar-refractivity contribution in [1.82, 2.24) is 9.55 Å². The molecule has 2 heterocycles. The van der Waals surface area contributed by atoms with Gasteiger partial charge >= 0.3 is 0 Å². The summed E-state index contributed by atoms with van der Waals surface area (Å²) >= 11 is 1.39. The van der Waals surface area contributed by atoms with Gasteiger partial charge in [0.2, 0.25) is 0 Å². The van der Waals surface area contributed by atoms with Crippen LogP contribution in [0.2, 0.25) is 0 Å². The monoisotopic (exact) mass is 373 g/mol. The van der Waals surface area contributed by atoms with E-state index in [9.17, 15) is 14.9 Å². The van der Waals surface area contributed by atoms with Gasteiger partial charge in [-0.3, -0.25) is 14.9 Å². The molecular weight excluding hydrogens is 358 g/mol. The van der Waals surface area contributed by atoms with Crippen molar-refractivity contribution < 1.29 is 14.4 Å². The van der Waals surface area contributed by atoms with Crippen molar-refractivity contribution in [1.29, 1.82) is 0 Å². The van der Waals surface area contributed by atoms with Crippen molar-refractivity contribution in [2.24, 2.45) is 0 Å². The zero-order valence-electron chi connectivity index (χ0n) is 14.0. The first-order chi connectivity index (χ1) is 12.5. The number of benzene rings is 1. The zero-order valence-corrected chi connectivity index (χ0v) is 14.9. The van der Waals surface area contributed by atoms with E-state index in [-0.39, 0.29) is 17.8 Å². The van der Waals surface area contributed by atoms with Gasteiger partial charge in [-0.25, -0.2) is 4.98 Å². The summed E-state index contributed by atoms with van der Waals surface area (Å²) in [6.07, 6.45) is 1.22. The number of para-hydroxylation sites is 1. The Morgan fingerprint density at radius 3 is 2.73 bits per heavy atom. The summed E-state index contributed by atoms with van der Waals surface area (Å²) in [6, 6.07) is 7.86. The third-order valence-corrected chi connectivity index (χ3v) is 4.62. The van der Waals surface area contributed by atoms with Crippen LogP contribution in [0.5, 0.6) is 11.5 Å². The van der Waals surface area contributed by atoms with Crippen LogP contribution in [0.25, 0.3) is 10.6 Å². The van der Waals surface area contributed by atoms with E-state index in [4.69, 9.17) is 9.47 Å². The van der Waals surface area contributed by atoms with Crippen LogP contribution in [0, 0.1) is 10.1 Å². The Morgan fingerprint density at radius 1 is 1.23 bits per heavy atom. The minimum absolute atomic E-state index is 0.142. The predicted octanol–water partition coefficient (Wildman–Crippen LogP) is 2.95. The van der Waals surface area contributed by atoms with Gasteiger partial charge < -0.3 is 14.0 Å². The first kappa shape index (κ1) is 17.6. The number of methoxy groups -OCH3 is 2. The lowest BCUT2D eigenvalue weighted by Crippen LogP contribution is -2.19. The van der Waals surface area contributed by atoms with Crippen molar-refractivity contribution in [3.05, 3.63) is 68.1 Å². The second-order valence-corrected chi connectivity index (χ2v) is 6.15. The summed E-state index contributed by atoms with van der Waals surface area (Å²) < 4.78 is 12.0. The van der Waals surface area contributed by atoms with E-state index in [0.717, 1.165) is 5.56 Å². The van der Waals surface area contributed by atoms with Crippen molar-refractivity contribution in [2.45, 2.75) is 6.54 Å². The highest BCUT2D eigenvalue weighted by Crippen LogP contribution is 2.38. The van der Waals surface area contributed by atoms with Gasteiger partial charge in [-0.15, -0.1) is 11.3 Å². The van der Waals surface area contributed by atoms with Crippen LogP contribution in [0.1, 0.15) is 5.69 Å².